The van der Waals surface area contributed by atoms with E-state index in [-0.39, 0.29) is 11.2 Å². The summed E-state index contributed by atoms with van der Waals surface area (Å²) in [5, 5.41) is 0. The first-order valence-electron chi connectivity index (χ1n) is 6.83. The Bertz CT molecular complexity index is 375. The molecule has 0 amide bonds. The highest BCUT2D eigenvalue weighted by molar-refractivity contribution is 5.29. The van der Waals surface area contributed by atoms with E-state index < -0.39 is 0 Å². The predicted octanol–water partition coefficient (Wildman–Crippen LogP) is 4.93. The van der Waals surface area contributed by atoms with Crippen LogP contribution in [0.1, 0.15) is 52.0 Å². The van der Waals surface area contributed by atoms with E-state index in [1.807, 2.05) is 12.1 Å². The Morgan fingerprint density at radius 3 is 2.18 bits per heavy atom. The van der Waals surface area contributed by atoms with E-state index in [1.165, 1.54) is 12.8 Å². The molecule has 0 heterocycles. The summed E-state index contributed by atoms with van der Waals surface area (Å²) in [5.41, 5.74) is 1.04. The molecule has 17 heavy (non-hydrogen) atoms. The molecule has 0 saturated heterocycles. The molecule has 1 heteroatoms. The van der Waals surface area contributed by atoms with Crippen LogP contribution in [0.5, 0.6) is 0 Å². The zero-order valence-corrected chi connectivity index (χ0v) is 11.2. The van der Waals surface area contributed by atoms with Gasteiger partial charge in [-0.2, -0.15) is 0 Å². The lowest BCUT2D eigenvalue weighted by atomic mass is 9.65. The summed E-state index contributed by atoms with van der Waals surface area (Å²) in [7, 11) is 0. The average Bonchev–Trinajstić information content (AvgIpc) is 2.78. The lowest BCUT2D eigenvalue weighted by Gasteiger charge is -2.39. The third kappa shape index (κ3) is 2.12. The van der Waals surface area contributed by atoms with Crippen molar-refractivity contribution in [2.75, 3.05) is 0 Å². The number of hydrogen-bond donors (Lipinski definition) is 0. The van der Waals surface area contributed by atoms with Crippen molar-refractivity contribution in [1.29, 1.82) is 0 Å². The fraction of sp³-hybridized carbons (Fsp3) is 0.625. The van der Waals surface area contributed by atoms with Crippen molar-refractivity contribution in [3.8, 4) is 0 Å². The van der Waals surface area contributed by atoms with Crippen LogP contribution in [0.4, 0.5) is 4.39 Å². The molecule has 0 aromatic heterocycles. The molecule has 0 N–H and O–H groups in total. The van der Waals surface area contributed by atoms with Crippen molar-refractivity contribution < 1.29 is 4.39 Å². The second-order valence-corrected chi connectivity index (χ2v) is 5.88. The van der Waals surface area contributed by atoms with Gasteiger partial charge in [-0.05, 0) is 36.3 Å². The fourth-order valence-corrected chi connectivity index (χ4v) is 3.48. The molecule has 1 fully saturated rings. The summed E-state index contributed by atoms with van der Waals surface area (Å²) in [6.45, 7) is 6.81. The van der Waals surface area contributed by atoms with E-state index >= 15 is 0 Å². The van der Waals surface area contributed by atoms with Crippen LogP contribution in [-0.4, -0.2) is 0 Å². The molecular weight excluding hydrogens is 211 g/mol. The predicted molar refractivity (Wildman–Crippen MR) is 70.5 cm³/mol. The Morgan fingerprint density at radius 1 is 1.06 bits per heavy atom. The molecule has 1 aromatic rings. The van der Waals surface area contributed by atoms with Gasteiger partial charge in [0.1, 0.15) is 5.82 Å². The van der Waals surface area contributed by atoms with Gasteiger partial charge in [0.2, 0.25) is 0 Å². The molecule has 1 unspecified atom stereocenters. The lowest BCUT2D eigenvalue weighted by molar-refractivity contribution is 0.220. The first kappa shape index (κ1) is 12.6. The van der Waals surface area contributed by atoms with E-state index in [9.17, 15) is 4.39 Å². The Balaban J connectivity index is 2.45. The maximum Gasteiger partial charge on any atom is 0.126 e. The summed E-state index contributed by atoms with van der Waals surface area (Å²) in [4.78, 5) is 0. The van der Waals surface area contributed by atoms with Gasteiger partial charge in [-0.1, -0.05) is 51.8 Å². The molecule has 1 aliphatic rings. The van der Waals surface area contributed by atoms with Crippen LogP contribution in [-0.2, 0) is 5.41 Å². The highest BCUT2D eigenvalue weighted by Crippen LogP contribution is 2.49. The third-order valence-corrected chi connectivity index (χ3v) is 4.78. The van der Waals surface area contributed by atoms with Crippen molar-refractivity contribution in [2.45, 2.75) is 51.9 Å². The van der Waals surface area contributed by atoms with Crippen LogP contribution in [0.25, 0.3) is 0 Å². The van der Waals surface area contributed by atoms with E-state index in [0.717, 1.165) is 18.4 Å². The SMILES string of the molecule is CC(C)C(C)C1(c2ccccc2F)CCCC1. The van der Waals surface area contributed by atoms with Gasteiger partial charge < -0.3 is 0 Å². The highest BCUT2D eigenvalue weighted by atomic mass is 19.1. The smallest absolute Gasteiger partial charge is 0.126 e. The Kier molecular flexibility index (Phi) is 3.56. The van der Waals surface area contributed by atoms with Crippen LogP contribution >= 0.6 is 0 Å². The van der Waals surface area contributed by atoms with Gasteiger partial charge in [-0.15, -0.1) is 0 Å². The molecule has 2 rings (SSSR count). The minimum Gasteiger partial charge on any atom is -0.207 e. The van der Waals surface area contributed by atoms with Gasteiger partial charge in [0.05, 0.1) is 0 Å². The molecule has 1 aromatic carbocycles. The summed E-state index contributed by atoms with van der Waals surface area (Å²) in [5.74, 6) is 1.14. The minimum absolute atomic E-state index is 0.0121. The molecule has 0 nitrogen and oxygen atoms in total. The van der Waals surface area contributed by atoms with Crippen molar-refractivity contribution >= 4 is 0 Å². The average molecular weight is 234 g/mol. The third-order valence-electron chi connectivity index (χ3n) is 4.78. The summed E-state index contributed by atoms with van der Waals surface area (Å²) < 4.78 is 14.1. The maximum atomic E-state index is 14.1. The minimum atomic E-state index is -0.0121. The molecule has 0 spiro atoms. The van der Waals surface area contributed by atoms with E-state index in [1.54, 1.807) is 12.1 Å². The molecule has 1 saturated carbocycles. The quantitative estimate of drug-likeness (QED) is 0.695. The summed E-state index contributed by atoms with van der Waals surface area (Å²) in [6.07, 6.45) is 4.78. The Hall–Kier alpha value is -0.850. The monoisotopic (exact) mass is 234 g/mol. The molecule has 0 bridgehead atoms. The van der Waals surface area contributed by atoms with E-state index in [2.05, 4.69) is 20.8 Å². The summed E-state index contributed by atoms with van der Waals surface area (Å²) in [6, 6.07) is 7.38. The number of hydrogen-bond acceptors (Lipinski definition) is 0. The number of rotatable bonds is 3. The molecule has 1 atom stereocenters. The molecule has 0 aliphatic heterocycles. The zero-order valence-electron chi connectivity index (χ0n) is 11.2. The first-order valence-corrected chi connectivity index (χ1v) is 6.83. The lowest BCUT2D eigenvalue weighted by Crippen LogP contribution is -2.34. The van der Waals surface area contributed by atoms with Gasteiger partial charge in [-0.3, -0.25) is 0 Å². The van der Waals surface area contributed by atoms with Gasteiger partial charge in [0.25, 0.3) is 0 Å². The number of benzene rings is 1. The largest absolute Gasteiger partial charge is 0.207 e. The van der Waals surface area contributed by atoms with Gasteiger partial charge >= 0.3 is 0 Å². The van der Waals surface area contributed by atoms with Crippen LogP contribution in [0.15, 0.2) is 24.3 Å². The zero-order chi connectivity index (χ0) is 12.5. The highest BCUT2D eigenvalue weighted by Gasteiger charge is 2.42. The number of halogens is 1. The first-order chi connectivity index (χ1) is 8.08. The standard InChI is InChI=1S/C16H23F/c1-12(2)13(3)16(10-6-7-11-16)14-8-4-5-9-15(14)17/h4-5,8-9,12-13H,6-7,10-11H2,1-3H3. The topological polar surface area (TPSA) is 0 Å². The van der Waals surface area contributed by atoms with Crippen molar-refractivity contribution in [1.82, 2.24) is 0 Å². The van der Waals surface area contributed by atoms with Crippen molar-refractivity contribution in [3.05, 3.63) is 35.6 Å². The molecule has 1 aliphatic carbocycles. The summed E-state index contributed by atoms with van der Waals surface area (Å²) >= 11 is 0. The van der Waals surface area contributed by atoms with Gasteiger partial charge in [0, 0.05) is 5.41 Å². The van der Waals surface area contributed by atoms with E-state index in [4.69, 9.17) is 0 Å². The second kappa shape index (κ2) is 4.80. The van der Waals surface area contributed by atoms with Gasteiger partial charge in [-0.25, -0.2) is 4.39 Å². The molecular formula is C16H23F. The maximum absolute atomic E-state index is 14.1. The normalized spacial score (nSPS) is 20.8. The van der Waals surface area contributed by atoms with Crippen LogP contribution in [0.3, 0.4) is 0 Å². The van der Waals surface area contributed by atoms with Crippen LogP contribution < -0.4 is 0 Å². The van der Waals surface area contributed by atoms with Crippen molar-refractivity contribution in [2.24, 2.45) is 11.8 Å². The Morgan fingerprint density at radius 2 is 1.65 bits per heavy atom. The van der Waals surface area contributed by atoms with Crippen molar-refractivity contribution in [3.63, 3.8) is 0 Å². The van der Waals surface area contributed by atoms with Gasteiger partial charge in [0.15, 0.2) is 0 Å². The molecule has 94 valence electrons. The fourth-order valence-electron chi connectivity index (χ4n) is 3.48. The second-order valence-electron chi connectivity index (χ2n) is 5.88. The van der Waals surface area contributed by atoms with Crippen LogP contribution in [0.2, 0.25) is 0 Å². The molecule has 0 radical (unpaired) electrons. The van der Waals surface area contributed by atoms with E-state index in [0.29, 0.717) is 11.8 Å². The Labute approximate surface area is 104 Å². The van der Waals surface area contributed by atoms with Crippen LogP contribution in [0, 0.1) is 17.7 Å².